The van der Waals surface area contributed by atoms with Crippen LogP contribution in [0.4, 0.5) is 13.2 Å². The Bertz CT molecular complexity index is 777. The van der Waals surface area contributed by atoms with Crippen LogP contribution in [0, 0.1) is 0 Å². The molecular weight excluding hydrogens is 333 g/mol. The second-order valence-corrected chi connectivity index (χ2v) is 5.21. The Labute approximate surface area is 121 Å². The van der Waals surface area contributed by atoms with Crippen LogP contribution in [-0.4, -0.2) is 9.55 Å². The SMILES string of the molecule is FC(F)(F)c1cc(Br)cc(-n2cnc3ccccc32)c1. The summed E-state index contributed by atoms with van der Waals surface area (Å²) in [6.07, 6.45) is -2.86. The third-order valence-electron chi connectivity index (χ3n) is 2.94. The first kappa shape index (κ1) is 13.2. The number of hydrogen-bond donors (Lipinski definition) is 0. The molecule has 102 valence electrons. The lowest BCUT2D eigenvalue weighted by Gasteiger charge is -2.11. The fourth-order valence-electron chi connectivity index (χ4n) is 2.04. The molecule has 0 bridgehead atoms. The predicted molar refractivity (Wildman–Crippen MR) is 73.8 cm³/mol. The van der Waals surface area contributed by atoms with Gasteiger partial charge in [0.2, 0.25) is 0 Å². The zero-order valence-electron chi connectivity index (χ0n) is 10.0. The maximum atomic E-state index is 12.9. The van der Waals surface area contributed by atoms with Gasteiger partial charge in [-0.15, -0.1) is 0 Å². The fourth-order valence-corrected chi connectivity index (χ4v) is 2.52. The van der Waals surface area contributed by atoms with Gasteiger partial charge in [0.15, 0.2) is 0 Å². The van der Waals surface area contributed by atoms with Crippen LogP contribution >= 0.6 is 15.9 Å². The molecule has 0 aliphatic rings. The molecule has 0 amide bonds. The zero-order chi connectivity index (χ0) is 14.3. The summed E-state index contributed by atoms with van der Waals surface area (Å²) in [6, 6.07) is 11.1. The Hall–Kier alpha value is -1.82. The van der Waals surface area contributed by atoms with Crippen LogP contribution in [0.25, 0.3) is 16.7 Å². The summed E-state index contributed by atoms with van der Waals surface area (Å²) in [4.78, 5) is 4.18. The van der Waals surface area contributed by atoms with Gasteiger partial charge in [-0.25, -0.2) is 4.98 Å². The number of hydrogen-bond acceptors (Lipinski definition) is 1. The van der Waals surface area contributed by atoms with Crippen LogP contribution < -0.4 is 0 Å². The van der Waals surface area contributed by atoms with Gasteiger partial charge < -0.3 is 0 Å². The Balaban J connectivity index is 2.22. The van der Waals surface area contributed by atoms with Crippen molar-refractivity contribution in [2.24, 2.45) is 0 Å². The highest BCUT2D eigenvalue weighted by molar-refractivity contribution is 9.10. The predicted octanol–water partition coefficient (Wildman–Crippen LogP) is 4.81. The Morgan fingerprint density at radius 3 is 2.55 bits per heavy atom. The van der Waals surface area contributed by atoms with E-state index >= 15 is 0 Å². The van der Waals surface area contributed by atoms with Crippen LogP contribution in [0.2, 0.25) is 0 Å². The van der Waals surface area contributed by atoms with Crippen LogP contribution in [0.1, 0.15) is 5.56 Å². The van der Waals surface area contributed by atoms with Crippen LogP contribution in [0.3, 0.4) is 0 Å². The summed E-state index contributed by atoms with van der Waals surface area (Å²) in [5, 5.41) is 0. The molecule has 2 aromatic carbocycles. The third kappa shape index (κ3) is 2.31. The minimum Gasteiger partial charge on any atom is -0.299 e. The van der Waals surface area contributed by atoms with Crippen molar-refractivity contribution in [2.45, 2.75) is 6.18 Å². The molecule has 2 nitrogen and oxygen atoms in total. The molecule has 1 heterocycles. The summed E-state index contributed by atoms with van der Waals surface area (Å²) in [7, 11) is 0. The lowest BCUT2D eigenvalue weighted by molar-refractivity contribution is -0.137. The smallest absolute Gasteiger partial charge is 0.299 e. The first-order valence-corrected chi connectivity index (χ1v) is 6.55. The zero-order valence-corrected chi connectivity index (χ0v) is 11.6. The van der Waals surface area contributed by atoms with Gasteiger partial charge in [0.05, 0.1) is 16.6 Å². The maximum absolute atomic E-state index is 12.9. The molecular formula is C14H8BrF3N2. The summed E-state index contributed by atoms with van der Waals surface area (Å²) >= 11 is 3.12. The minimum absolute atomic E-state index is 0.375. The molecule has 0 atom stereocenters. The third-order valence-corrected chi connectivity index (χ3v) is 3.40. The van der Waals surface area contributed by atoms with Gasteiger partial charge in [0.1, 0.15) is 6.33 Å². The largest absolute Gasteiger partial charge is 0.416 e. The molecule has 3 rings (SSSR count). The topological polar surface area (TPSA) is 17.8 Å². The monoisotopic (exact) mass is 340 g/mol. The molecule has 0 aliphatic carbocycles. The molecule has 1 aromatic heterocycles. The van der Waals surface area contributed by atoms with Crippen LogP contribution in [0.5, 0.6) is 0 Å². The van der Waals surface area contributed by atoms with Crippen molar-refractivity contribution < 1.29 is 13.2 Å². The lowest BCUT2D eigenvalue weighted by Crippen LogP contribution is -2.06. The molecule has 3 aromatic rings. The Morgan fingerprint density at radius 1 is 1.05 bits per heavy atom. The van der Waals surface area contributed by atoms with Gasteiger partial charge >= 0.3 is 6.18 Å². The van der Waals surface area contributed by atoms with E-state index in [1.807, 2.05) is 24.3 Å². The van der Waals surface area contributed by atoms with E-state index < -0.39 is 11.7 Å². The molecule has 0 saturated heterocycles. The molecule has 0 spiro atoms. The number of rotatable bonds is 1. The van der Waals surface area contributed by atoms with Crippen molar-refractivity contribution in [1.29, 1.82) is 0 Å². The van der Waals surface area contributed by atoms with E-state index in [4.69, 9.17) is 0 Å². The molecule has 0 radical (unpaired) electrons. The van der Waals surface area contributed by atoms with Gasteiger partial charge in [-0.05, 0) is 30.3 Å². The average Bonchev–Trinajstić information content (AvgIpc) is 2.80. The normalized spacial score (nSPS) is 12.0. The Kier molecular flexibility index (Phi) is 3.05. The number of alkyl halides is 3. The quantitative estimate of drug-likeness (QED) is 0.621. The van der Waals surface area contributed by atoms with Crippen LogP contribution in [0.15, 0.2) is 53.3 Å². The minimum atomic E-state index is -4.38. The molecule has 0 N–H and O–H groups in total. The molecule has 6 heteroatoms. The van der Waals surface area contributed by atoms with Gasteiger partial charge in [-0.1, -0.05) is 28.1 Å². The summed E-state index contributed by atoms with van der Waals surface area (Å²) in [5.41, 5.74) is 1.22. The first-order chi connectivity index (χ1) is 9.45. The Morgan fingerprint density at radius 2 is 1.80 bits per heavy atom. The van der Waals surface area contributed by atoms with Gasteiger partial charge in [-0.2, -0.15) is 13.2 Å². The second kappa shape index (κ2) is 4.63. The van der Waals surface area contributed by atoms with E-state index in [2.05, 4.69) is 20.9 Å². The molecule has 0 aliphatic heterocycles. The van der Waals surface area contributed by atoms with E-state index in [0.717, 1.165) is 23.2 Å². The van der Waals surface area contributed by atoms with E-state index in [9.17, 15) is 13.2 Å². The number of fused-ring (bicyclic) bond motifs is 1. The maximum Gasteiger partial charge on any atom is 0.416 e. The summed E-state index contributed by atoms with van der Waals surface area (Å²) in [5.74, 6) is 0. The van der Waals surface area contributed by atoms with Gasteiger partial charge in [0.25, 0.3) is 0 Å². The number of aromatic nitrogens is 2. The van der Waals surface area contributed by atoms with E-state index in [0.29, 0.717) is 10.2 Å². The second-order valence-electron chi connectivity index (χ2n) is 4.30. The highest BCUT2D eigenvalue weighted by Crippen LogP contribution is 2.33. The number of para-hydroxylation sites is 2. The van der Waals surface area contributed by atoms with Crippen molar-refractivity contribution in [3.63, 3.8) is 0 Å². The molecule has 0 fully saturated rings. The standard InChI is InChI=1S/C14H8BrF3N2/c15-10-5-9(14(16,17)18)6-11(7-10)20-8-19-12-3-1-2-4-13(12)20/h1-8H. The summed E-state index contributed by atoms with van der Waals surface area (Å²) < 4.78 is 40.6. The van der Waals surface area contributed by atoms with E-state index in [1.165, 1.54) is 6.33 Å². The fraction of sp³-hybridized carbons (Fsp3) is 0.0714. The van der Waals surface area contributed by atoms with Crippen molar-refractivity contribution in [3.05, 3.63) is 58.8 Å². The number of nitrogens with zero attached hydrogens (tertiary/aromatic N) is 2. The lowest BCUT2D eigenvalue weighted by atomic mass is 10.2. The van der Waals surface area contributed by atoms with E-state index in [1.54, 1.807) is 10.6 Å². The van der Waals surface area contributed by atoms with Crippen LogP contribution in [-0.2, 0) is 6.18 Å². The average molecular weight is 341 g/mol. The summed E-state index contributed by atoms with van der Waals surface area (Å²) in [6.45, 7) is 0. The van der Waals surface area contributed by atoms with Crippen molar-refractivity contribution >= 4 is 27.0 Å². The molecule has 0 unspecified atom stereocenters. The van der Waals surface area contributed by atoms with E-state index in [-0.39, 0.29) is 0 Å². The van der Waals surface area contributed by atoms with Crippen molar-refractivity contribution in [2.75, 3.05) is 0 Å². The molecule has 20 heavy (non-hydrogen) atoms. The van der Waals surface area contributed by atoms with Gasteiger partial charge in [-0.3, -0.25) is 4.57 Å². The van der Waals surface area contributed by atoms with Crippen molar-refractivity contribution in [3.8, 4) is 5.69 Å². The highest BCUT2D eigenvalue weighted by Gasteiger charge is 2.31. The van der Waals surface area contributed by atoms with Gasteiger partial charge in [0, 0.05) is 10.2 Å². The number of imidazole rings is 1. The number of halogens is 4. The first-order valence-electron chi connectivity index (χ1n) is 5.75. The number of benzene rings is 2. The highest BCUT2D eigenvalue weighted by atomic mass is 79.9. The molecule has 0 saturated carbocycles. The van der Waals surface area contributed by atoms with Crippen molar-refractivity contribution in [1.82, 2.24) is 9.55 Å².